The minimum atomic E-state index is -0.319. The molecular formula is C48H72O4. The molecule has 0 bridgehead atoms. The number of aromatic hydroxyl groups is 1. The smallest absolute Gasteiger partial charge is 0.205 e. The lowest BCUT2D eigenvalue weighted by Gasteiger charge is -2.42. The van der Waals surface area contributed by atoms with Gasteiger partial charge in [-0.15, -0.1) is 0 Å². The van der Waals surface area contributed by atoms with Crippen LogP contribution in [-0.4, -0.2) is 24.6 Å². The van der Waals surface area contributed by atoms with Gasteiger partial charge in [0.1, 0.15) is 23.9 Å². The summed E-state index contributed by atoms with van der Waals surface area (Å²) in [4.78, 5) is 0. The van der Waals surface area contributed by atoms with Gasteiger partial charge in [-0.1, -0.05) is 138 Å². The summed E-state index contributed by atoms with van der Waals surface area (Å²) >= 11 is 0. The first kappa shape index (κ1) is 41.8. The van der Waals surface area contributed by atoms with Crippen molar-refractivity contribution in [3.05, 3.63) is 90.0 Å². The molecule has 0 spiro atoms. The van der Waals surface area contributed by atoms with E-state index in [-0.39, 0.29) is 33.4 Å². The third-order valence-electron chi connectivity index (χ3n) is 11.8. The monoisotopic (exact) mass is 713 g/mol. The van der Waals surface area contributed by atoms with Gasteiger partial charge in [-0.3, -0.25) is 0 Å². The number of benzene rings is 3. The normalized spacial score (nSPS) is 17.3. The zero-order valence-corrected chi connectivity index (χ0v) is 34.7. The summed E-state index contributed by atoms with van der Waals surface area (Å²) in [7, 11) is 0. The van der Waals surface area contributed by atoms with Crippen LogP contribution < -0.4 is 9.47 Å². The van der Waals surface area contributed by atoms with Crippen molar-refractivity contribution in [3.63, 3.8) is 0 Å². The maximum Gasteiger partial charge on any atom is 0.205 e. The van der Waals surface area contributed by atoms with Crippen LogP contribution in [0, 0.1) is 27.1 Å². The van der Waals surface area contributed by atoms with Crippen molar-refractivity contribution in [1.29, 1.82) is 0 Å². The van der Waals surface area contributed by atoms with Crippen LogP contribution in [-0.2, 0) is 4.74 Å². The second-order valence-corrected chi connectivity index (χ2v) is 20.0. The quantitative estimate of drug-likeness (QED) is 0.112. The maximum absolute atomic E-state index is 9.95. The summed E-state index contributed by atoms with van der Waals surface area (Å²) < 4.78 is 19.2. The van der Waals surface area contributed by atoms with Crippen molar-refractivity contribution in [2.45, 2.75) is 152 Å². The number of hydrogen-bond donors (Lipinski definition) is 1. The van der Waals surface area contributed by atoms with Crippen LogP contribution >= 0.6 is 0 Å². The van der Waals surface area contributed by atoms with Gasteiger partial charge < -0.3 is 19.3 Å². The van der Waals surface area contributed by atoms with Gasteiger partial charge in [0, 0.05) is 5.41 Å². The Hall–Kier alpha value is -2.98. The fourth-order valence-electron chi connectivity index (χ4n) is 8.28. The predicted octanol–water partition coefficient (Wildman–Crippen LogP) is 13.7. The third-order valence-corrected chi connectivity index (χ3v) is 11.8. The molecule has 1 aliphatic rings. The average Bonchev–Trinajstić information content (AvgIpc) is 3.07. The van der Waals surface area contributed by atoms with Gasteiger partial charge in [-0.2, -0.15) is 0 Å². The second-order valence-electron chi connectivity index (χ2n) is 20.0. The van der Waals surface area contributed by atoms with Crippen LogP contribution in [0.15, 0.2) is 78.9 Å². The highest BCUT2D eigenvalue weighted by molar-refractivity contribution is 5.32. The summed E-state index contributed by atoms with van der Waals surface area (Å²) in [6.07, 6.45) is 10.1. The molecule has 1 N–H and O–H groups in total. The first-order valence-corrected chi connectivity index (χ1v) is 20.1. The van der Waals surface area contributed by atoms with Crippen molar-refractivity contribution >= 4 is 0 Å². The van der Waals surface area contributed by atoms with E-state index in [1.165, 1.54) is 30.4 Å². The molecule has 0 amide bonds. The van der Waals surface area contributed by atoms with E-state index < -0.39 is 0 Å². The molecule has 0 aromatic heterocycles. The highest BCUT2D eigenvalue weighted by Crippen LogP contribution is 2.51. The van der Waals surface area contributed by atoms with Crippen LogP contribution in [0.3, 0.4) is 0 Å². The average molecular weight is 713 g/mol. The Bertz CT molecular complexity index is 1470. The van der Waals surface area contributed by atoms with E-state index in [0.29, 0.717) is 30.8 Å². The van der Waals surface area contributed by atoms with Crippen LogP contribution in [0.5, 0.6) is 17.2 Å². The van der Waals surface area contributed by atoms with Gasteiger partial charge in [-0.05, 0) is 120 Å². The highest BCUT2D eigenvalue weighted by Gasteiger charge is 2.40. The van der Waals surface area contributed by atoms with Gasteiger partial charge in [0.15, 0.2) is 0 Å². The van der Waals surface area contributed by atoms with Gasteiger partial charge >= 0.3 is 0 Å². The zero-order valence-electron chi connectivity index (χ0n) is 34.7. The molecule has 1 saturated carbocycles. The Morgan fingerprint density at radius 3 is 1.79 bits per heavy atom. The van der Waals surface area contributed by atoms with Crippen LogP contribution in [0.2, 0.25) is 0 Å². The summed E-state index contributed by atoms with van der Waals surface area (Å²) in [6.45, 7) is 27.3. The van der Waals surface area contributed by atoms with E-state index in [2.05, 4.69) is 113 Å². The van der Waals surface area contributed by atoms with Crippen molar-refractivity contribution < 1.29 is 19.3 Å². The second kappa shape index (κ2) is 17.4. The SMILES string of the molecule is CC(C)(C)CC(c1ccc(OC(OCCOc2ccccc2)C2(C)CCCCC2)cc1)C(C)(C)CCC(C)(C)CC(c1ccc(O)cc1)C(C)(C)C. The number of phenolic OH excluding ortho intramolecular Hbond substituents is 1. The van der Waals surface area contributed by atoms with Gasteiger partial charge in [-0.25, -0.2) is 0 Å². The third kappa shape index (κ3) is 12.6. The lowest BCUT2D eigenvalue weighted by atomic mass is 9.63. The Balaban J connectivity index is 1.47. The van der Waals surface area contributed by atoms with Crippen molar-refractivity contribution in [1.82, 2.24) is 0 Å². The molecule has 3 unspecified atom stereocenters. The lowest BCUT2D eigenvalue weighted by molar-refractivity contribution is -0.166. The van der Waals surface area contributed by atoms with E-state index in [1.807, 2.05) is 42.5 Å². The topological polar surface area (TPSA) is 47.9 Å². The number of phenols is 1. The first-order chi connectivity index (χ1) is 24.3. The molecule has 0 aliphatic heterocycles. The molecule has 4 rings (SSSR count). The number of para-hydroxylation sites is 1. The molecule has 3 aromatic carbocycles. The number of rotatable bonds is 17. The van der Waals surface area contributed by atoms with E-state index in [1.54, 1.807) is 0 Å². The lowest BCUT2D eigenvalue weighted by Crippen LogP contribution is -2.41. The summed E-state index contributed by atoms with van der Waals surface area (Å²) in [6, 6.07) is 26.8. The predicted molar refractivity (Wildman–Crippen MR) is 218 cm³/mol. The number of hydrogen-bond acceptors (Lipinski definition) is 4. The molecule has 0 radical (unpaired) electrons. The minimum absolute atomic E-state index is 0.0263. The molecule has 3 aromatic rings. The Kier molecular flexibility index (Phi) is 14.0. The standard InChI is InChI=1S/C48H72O4/c1-44(2,3)34-42(47(9,10)31-30-46(7,8)35-41(45(4,5)6)36-20-24-38(49)25-21-36)37-22-26-40(27-23-37)52-43(48(11)28-16-13-17-29-48)51-33-32-50-39-18-14-12-15-19-39/h12,14-15,18-27,41-43,49H,13,16-17,28-35H2,1-11H3. The number of ether oxygens (including phenoxy) is 3. The van der Waals surface area contributed by atoms with Crippen LogP contribution in [0.25, 0.3) is 0 Å². The Labute approximate surface area is 318 Å². The first-order valence-electron chi connectivity index (χ1n) is 20.1. The van der Waals surface area contributed by atoms with Crippen molar-refractivity contribution in [2.24, 2.45) is 27.1 Å². The van der Waals surface area contributed by atoms with E-state index in [4.69, 9.17) is 14.2 Å². The summed E-state index contributed by atoms with van der Waals surface area (Å²) in [5, 5.41) is 9.95. The van der Waals surface area contributed by atoms with E-state index >= 15 is 0 Å². The molecule has 288 valence electrons. The molecule has 0 heterocycles. The molecule has 1 aliphatic carbocycles. The van der Waals surface area contributed by atoms with Gasteiger partial charge in [0.2, 0.25) is 6.29 Å². The van der Waals surface area contributed by atoms with Crippen molar-refractivity contribution in [2.75, 3.05) is 13.2 Å². The molecule has 4 nitrogen and oxygen atoms in total. The Morgan fingerprint density at radius 2 is 1.21 bits per heavy atom. The summed E-state index contributed by atoms with van der Waals surface area (Å²) in [5.74, 6) is 2.89. The fourth-order valence-corrected chi connectivity index (χ4v) is 8.28. The Morgan fingerprint density at radius 1 is 0.635 bits per heavy atom. The molecule has 4 heteroatoms. The fraction of sp³-hybridized carbons (Fsp3) is 0.625. The zero-order chi connectivity index (χ0) is 38.2. The van der Waals surface area contributed by atoms with Gasteiger partial charge in [0.25, 0.3) is 0 Å². The molecule has 52 heavy (non-hydrogen) atoms. The molecule has 1 fully saturated rings. The van der Waals surface area contributed by atoms with Crippen LogP contribution in [0.4, 0.5) is 0 Å². The highest BCUT2D eigenvalue weighted by atomic mass is 16.7. The van der Waals surface area contributed by atoms with Crippen molar-refractivity contribution in [3.8, 4) is 17.2 Å². The van der Waals surface area contributed by atoms with E-state index in [0.717, 1.165) is 50.0 Å². The van der Waals surface area contributed by atoms with Gasteiger partial charge in [0.05, 0.1) is 6.61 Å². The molecule has 3 atom stereocenters. The summed E-state index contributed by atoms with van der Waals surface area (Å²) in [5.41, 5.74) is 3.25. The van der Waals surface area contributed by atoms with Crippen LogP contribution in [0.1, 0.15) is 157 Å². The molecular weight excluding hydrogens is 641 g/mol. The largest absolute Gasteiger partial charge is 0.508 e. The molecule has 0 saturated heterocycles. The maximum atomic E-state index is 9.95. The van der Waals surface area contributed by atoms with E-state index in [9.17, 15) is 5.11 Å². The minimum Gasteiger partial charge on any atom is -0.508 e.